The minimum absolute atomic E-state index is 0.114. The third kappa shape index (κ3) is 4.33. The van der Waals surface area contributed by atoms with Crippen LogP contribution < -0.4 is 10.1 Å². The van der Waals surface area contributed by atoms with Crippen LogP contribution in [-0.4, -0.2) is 17.5 Å². The summed E-state index contributed by atoms with van der Waals surface area (Å²) >= 11 is 8.33. The summed E-state index contributed by atoms with van der Waals surface area (Å²) in [4.78, 5) is 16.2. The quantitative estimate of drug-likeness (QED) is 0.737. The first-order valence-corrected chi connectivity index (χ1v) is 8.14. The highest BCUT2D eigenvalue weighted by Gasteiger charge is 2.11. The molecule has 0 saturated heterocycles. The second-order valence-electron chi connectivity index (χ2n) is 5.05. The fourth-order valence-electron chi connectivity index (χ4n) is 2.06. The molecule has 0 radical (unpaired) electrons. The molecule has 2 aromatic rings. The van der Waals surface area contributed by atoms with Gasteiger partial charge in [0.05, 0.1) is 5.02 Å². The Morgan fingerprint density at radius 2 is 2.00 bits per heavy atom. The number of halogens is 2. The summed E-state index contributed by atoms with van der Waals surface area (Å²) < 4.78 is 6.57. The van der Waals surface area contributed by atoms with Crippen LogP contribution in [0.2, 0.25) is 5.02 Å². The van der Waals surface area contributed by atoms with Crippen molar-refractivity contribution >= 4 is 45.9 Å². The van der Waals surface area contributed by atoms with Gasteiger partial charge in [-0.05, 0) is 72.2 Å². The number of hydrogen-bond acceptors (Lipinski definition) is 3. The molecule has 0 aliphatic heterocycles. The first-order valence-electron chi connectivity index (χ1n) is 6.68. The van der Waals surface area contributed by atoms with E-state index in [1.165, 1.54) is 0 Å². The molecule has 4 nitrogen and oxygen atoms in total. The van der Waals surface area contributed by atoms with E-state index in [1.54, 1.807) is 6.20 Å². The standard InChI is InChI=1S/C16H16ClIN2O2/c1-9-4-10(2)15(13(17)5-9)22-8-14(21)20-16-11(3)6-12(18)7-19-16/h4-7H,8H2,1-3H3,(H,19,20,21). The zero-order chi connectivity index (χ0) is 16.3. The molecular weight excluding hydrogens is 415 g/mol. The van der Waals surface area contributed by atoms with Gasteiger partial charge in [-0.2, -0.15) is 0 Å². The Bertz CT molecular complexity index is 696. The van der Waals surface area contributed by atoms with Crippen molar-refractivity contribution in [1.29, 1.82) is 0 Å². The summed E-state index contributed by atoms with van der Waals surface area (Å²) in [5.41, 5.74) is 2.86. The van der Waals surface area contributed by atoms with Crippen LogP contribution in [0.25, 0.3) is 0 Å². The lowest BCUT2D eigenvalue weighted by molar-refractivity contribution is -0.118. The maximum Gasteiger partial charge on any atom is 0.263 e. The summed E-state index contributed by atoms with van der Waals surface area (Å²) in [5.74, 6) is 0.809. The molecule has 0 bridgehead atoms. The smallest absolute Gasteiger partial charge is 0.263 e. The normalized spacial score (nSPS) is 10.4. The topological polar surface area (TPSA) is 51.2 Å². The van der Waals surface area contributed by atoms with Gasteiger partial charge in [-0.1, -0.05) is 17.7 Å². The lowest BCUT2D eigenvalue weighted by atomic mass is 10.1. The highest BCUT2D eigenvalue weighted by atomic mass is 127. The molecule has 1 N–H and O–H groups in total. The Hall–Kier alpha value is -1.34. The van der Waals surface area contributed by atoms with Crippen LogP contribution in [0, 0.1) is 24.3 Å². The van der Waals surface area contributed by atoms with Gasteiger partial charge in [0.1, 0.15) is 11.6 Å². The lowest BCUT2D eigenvalue weighted by Crippen LogP contribution is -2.21. The largest absolute Gasteiger partial charge is 0.482 e. The third-order valence-electron chi connectivity index (χ3n) is 3.02. The Morgan fingerprint density at radius 1 is 1.27 bits per heavy atom. The van der Waals surface area contributed by atoms with Crippen molar-refractivity contribution in [3.63, 3.8) is 0 Å². The molecule has 22 heavy (non-hydrogen) atoms. The monoisotopic (exact) mass is 430 g/mol. The van der Waals surface area contributed by atoms with Crippen molar-refractivity contribution in [3.8, 4) is 5.75 Å². The third-order valence-corrected chi connectivity index (χ3v) is 3.89. The minimum Gasteiger partial charge on any atom is -0.482 e. The number of carbonyl (C=O) groups is 1. The molecule has 6 heteroatoms. The fourth-order valence-corrected chi connectivity index (χ4v) is 3.04. The number of rotatable bonds is 4. The highest BCUT2D eigenvalue weighted by Crippen LogP contribution is 2.29. The second kappa shape index (κ2) is 7.28. The molecule has 116 valence electrons. The van der Waals surface area contributed by atoms with Gasteiger partial charge < -0.3 is 10.1 Å². The predicted octanol–water partition coefficient (Wildman–Crippen LogP) is 4.28. The molecule has 1 heterocycles. The highest BCUT2D eigenvalue weighted by molar-refractivity contribution is 14.1. The molecule has 1 amide bonds. The van der Waals surface area contributed by atoms with Crippen LogP contribution in [0.4, 0.5) is 5.82 Å². The fraction of sp³-hybridized carbons (Fsp3) is 0.250. The van der Waals surface area contributed by atoms with E-state index in [1.807, 2.05) is 39.0 Å². The number of aromatic nitrogens is 1. The van der Waals surface area contributed by atoms with Gasteiger partial charge >= 0.3 is 0 Å². The van der Waals surface area contributed by atoms with E-state index in [0.717, 1.165) is 20.3 Å². The number of anilines is 1. The SMILES string of the molecule is Cc1cc(C)c(OCC(=O)Nc2ncc(I)cc2C)c(Cl)c1. The molecule has 0 fully saturated rings. The van der Waals surface area contributed by atoms with Crippen molar-refractivity contribution in [2.24, 2.45) is 0 Å². The molecule has 0 atom stereocenters. The molecule has 0 spiro atoms. The maximum atomic E-state index is 12.0. The van der Waals surface area contributed by atoms with Crippen LogP contribution in [0.5, 0.6) is 5.75 Å². The molecule has 0 aliphatic carbocycles. The molecular formula is C16H16ClIN2O2. The van der Waals surface area contributed by atoms with E-state index in [9.17, 15) is 4.79 Å². The summed E-state index contributed by atoms with van der Waals surface area (Å²) in [6, 6.07) is 5.72. The molecule has 1 aromatic carbocycles. The van der Waals surface area contributed by atoms with Gasteiger partial charge in [-0.3, -0.25) is 4.79 Å². The van der Waals surface area contributed by atoms with Crippen molar-refractivity contribution < 1.29 is 9.53 Å². The molecule has 0 saturated carbocycles. The zero-order valence-electron chi connectivity index (χ0n) is 12.5. The van der Waals surface area contributed by atoms with Gasteiger partial charge in [0.2, 0.25) is 0 Å². The Labute approximate surface area is 148 Å². The average Bonchev–Trinajstić information content (AvgIpc) is 2.40. The number of carbonyl (C=O) groups excluding carboxylic acids is 1. The number of nitrogens with zero attached hydrogens (tertiary/aromatic N) is 1. The minimum atomic E-state index is -0.271. The van der Waals surface area contributed by atoms with Gasteiger partial charge in [0.15, 0.2) is 6.61 Å². The number of nitrogens with one attached hydrogen (secondary N) is 1. The van der Waals surface area contributed by atoms with Gasteiger partial charge in [0, 0.05) is 9.77 Å². The van der Waals surface area contributed by atoms with E-state index < -0.39 is 0 Å². The Kier molecular flexibility index (Phi) is 5.63. The molecule has 2 rings (SSSR count). The van der Waals surface area contributed by atoms with Gasteiger partial charge in [-0.25, -0.2) is 4.98 Å². The maximum absolute atomic E-state index is 12.0. The van der Waals surface area contributed by atoms with Crippen LogP contribution in [-0.2, 0) is 4.79 Å². The van der Waals surface area contributed by atoms with Crippen LogP contribution in [0.1, 0.15) is 16.7 Å². The van der Waals surface area contributed by atoms with Crippen LogP contribution in [0.3, 0.4) is 0 Å². The van der Waals surface area contributed by atoms with Crippen molar-refractivity contribution in [1.82, 2.24) is 4.98 Å². The van der Waals surface area contributed by atoms with E-state index >= 15 is 0 Å². The summed E-state index contributed by atoms with van der Waals surface area (Å²) in [5, 5.41) is 3.24. The van der Waals surface area contributed by atoms with E-state index in [2.05, 4.69) is 32.9 Å². The molecule has 1 aromatic heterocycles. The average molecular weight is 431 g/mol. The lowest BCUT2D eigenvalue weighted by Gasteiger charge is -2.12. The van der Waals surface area contributed by atoms with Crippen LogP contribution >= 0.6 is 34.2 Å². The number of pyridine rings is 1. The number of hydrogen-bond donors (Lipinski definition) is 1. The number of ether oxygens (including phenoxy) is 1. The van der Waals surface area contributed by atoms with Gasteiger partial charge in [-0.15, -0.1) is 0 Å². The van der Waals surface area contributed by atoms with Crippen molar-refractivity contribution in [3.05, 3.63) is 49.7 Å². The predicted molar refractivity (Wildman–Crippen MR) is 96.7 cm³/mol. The van der Waals surface area contributed by atoms with Crippen molar-refractivity contribution in [2.45, 2.75) is 20.8 Å². The van der Waals surface area contributed by atoms with E-state index in [4.69, 9.17) is 16.3 Å². The molecule has 0 unspecified atom stereocenters. The Balaban J connectivity index is 2.02. The first-order chi connectivity index (χ1) is 10.4. The van der Waals surface area contributed by atoms with Crippen molar-refractivity contribution in [2.75, 3.05) is 11.9 Å². The first kappa shape index (κ1) is 17.0. The summed E-state index contributed by atoms with van der Waals surface area (Å²) in [6.45, 7) is 5.64. The number of benzene rings is 1. The molecule has 0 aliphatic rings. The second-order valence-corrected chi connectivity index (χ2v) is 6.70. The number of amides is 1. The number of aryl methyl sites for hydroxylation is 3. The summed E-state index contributed by atoms with van der Waals surface area (Å²) in [6.07, 6.45) is 1.70. The van der Waals surface area contributed by atoms with Gasteiger partial charge in [0.25, 0.3) is 5.91 Å². The Morgan fingerprint density at radius 3 is 2.64 bits per heavy atom. The summed E-state index contributed by atoms with van der Waals surface area (Å²) in [7, 11) is 0. The van der Waals surface area contributed by atoms with Crippen LogP contribution in [0.15, 0.2) is 24.4 Å². The van der Waals surface area contributed by atoms with E-state index in [-0.39, 0.29) is 12.5 Å². The zero-order valence-corrected chi connectivity index (χ0v) is 15.4. The van der Waals surface area contributed by atoms with E-state index in [0.29, 0.717) is 16.6 Å².